The Labute approximate surface area is 188 Å². The molecule has 8 nitrogen and oxygen atoms in total. The number of amides is 1. The van der Waals surface area contributed by atoms with Crippen molar-refractivity contribution in [2.45, 2.75) is 32.0 Å². The number of hydrazine groups is 1. The molecule has 0 aliphatic carbocycles. The summed E-state index contributed by atoms with van der Waals surface area (Å²) in [5, 5.41) is 2.19. The Morgan fingerprint density at radius 1 is 1.09 bits per heavy atom. The molecule has 4 rings (SSSR count). The molecule has 174 valence electrons. The van der Waals surface area contributed by atoms with Crippen LogP contribution in [0.25, 0.3) is 22.0 Å². The third-order valence-electron chi connectivity index (χ3n) is 5.99. The summed E-state index contributed by atoms with van der Waals surface area (Å²) >= 11 is 0. The molecule has 1 aliphatic heterocycles. The number of hydrogen-bond acceptors (Lipinski definition) is 7. The van der Waals surface area contributed by atoms with E-state index in [1.54, 1.807) is 28.1 Å². The topological polar surface area (TPSA) is 127 Å². The van der Waals surface area contributed by atoms with E-state index in [4.69, 9.17) is 17.3 Å². The number of fused-ring (bicyclic) bond motifs is 1. The minimum atomic E-state index is -4.62. The molecule has 3 heterocycles. The van der Waals surface area contributed by atoms with Gasteiger partial charge in [-0.05, 0) is 36.6 Å². The highest BCUT2D eigenvalue weighted by Gasteiger charge is 2.34. The van der Waals surface area contributed by atoms with Crippen molar-refractivity contribution in [2.75, 3.05) is 29.6 Å². The number of pyridine rings is 2. The van der Waals surface area contributed by atoms with Gasteiger partial charge in [0.2, 0.25) is 5.91 Å². The fourth-order valence-electron chi connectivity index (χ4n) is 4.16. The van der Waals surface area contributed by atoms with Gasteiger partial charge in [-0.15, -0.1) is 0 Å². The summed E-state index contributed by atoms with van der Waals surface area (Å²) in [5.41, 5.74) is 12.9. The van der Waals surface area contributed by atoms with Crippen LogP contribution in [0.1, 0.15) is 25.3 Å². The minimum absolute atomic E-state index is 0.0193. The molecule has 0 atom stereocenters. The lowest BCUT2D eigenvalue weighted by molar-refractivity contribution is -0.137. The number of piperidine rings is 1. The Hall–Kier alpha value is -3.60. The number of anilines is 3. The summed E-state index contributed by atoms with van der Waals surface area (Å²) in [7, 11) is 0. The lowest BCUT2D eigenvalue weighted by Crippen LogP contribution is -2.49. The number of alkyl halides is 3. The van der Waals surface area contributed by atoms with Crippen LogP contribution < -0.4 is 22.3 Å². The molecule has 1 saturated heterocycles. The van der Waals surface area contributed by atoms with E-state index < -0.39 is 17.6 Å². The van der Waals surface area contributed by atoms with Gasteiger partial charge in [0.25, 0.3) is 0 Å². The van der Waals surface area contributed by atoms with E-state index in [0.717, 1.165) is 6.07 Å². The maximum atomic E-state index is 13.3. The van der Waals surface area contributed by atoms with E-state index in [1.165, 1.54) is 19.3 Å². The lowest BCUT2D eigenvalue weighted by atomic mass is 10.00. The fourth-order valence-corrected chi connectivity index (χ4v) is 4.16. The second-order valence-corrected chi connectivity index (χ2v) is 8.09. The van der Waals surface area contributed by atoms with Gasteiger partial charge in [-0.1, -0.05) is 6.07 Å². The molecule has 1 aliphatic rings. The molecular formula is C22H24F3N7O. The number of likely N-dealkylation sites (tertiary alicyclic amines) is 1. The van der Waals surface area contributed by atoms with Crippen molar-refractivity contribution >= 4 is 34.0 Å². The van der Waals surface area contributed by atoms with Gasteiger partial charge >= 0.3 is 6.18 Å². The summed E-state index contributed by atoms with van der Waals surface area (Å²) in [6, 6.07) is 5.97. The molecule has 0 spiro atoms. The zero-order valence-corrected chi connectivity index (χ0v) is 17.9. The largest absolute Gasteiger partial charge is 0.419 e. The average Bonchev–Trinajstić information content (AvgIpc) is 2.78. The smallest absolute Gasteiger partial charge is 0.396 e. The van der Waals surface area contributed by atoms with Crippen molar-refractivity contribution in [3.8, 4) is 11.1 Å². The van der Waals surface area contributed by atoms with E-state index in [9.17, 15) is 18.0 Å². The SMILES string of the molecule is CC(=O)N1CCC(N(N)c2c(N)cnc3ccc(-c4cnc(N)c(C(F)(F)F)c4)cc23)CC1. The molecule has 0 radical (unpaired) electrons. The summed E-state index contributed by atoms with van der Waals surface area (Å²) < 4.78 is 39.9. The molecule has 0 bridgehead atoms. The Bertz CT molecular complexity index is 1210. The number of nitrogens with zero attached hydrogens (tertiary/aromatic N) is 4. The lowest BCUT2D eigenvalue weighted by Gasteiger charge is -2.37. The first-order valence-corrected chi connectivity index (χ1v) is 10.4. The van der Waals surface area contributed by atoms with Crippen LogP contribution in [0.2, 0.25) is 0 Å². The number of halogens is 3. The van der Waals surface area contributed by atoms with Crippen LogP contribution in [-0.2, 0) is 11.0 Å². The fraction of sp³-hybridized carbons (Fsp3) is 0.318. The van der Waals surface area contributed by atoms with Gasteiger partial charge in [-0.2, -0.15) is 13.2 Å². The summed E-state index contributed by atoms with van der Waals surface area (Å²) in [6.45, 7) is 2.70. The van der Waals surface area contributed by atoms with Crippen LogP contribution in [-0.4, -0.2) is 39.9 Å². The molecule has 1 fully saturated rings. The van der Waals surface area contributed by atoms with Gasteiger partial charge in [0, 0.05) is 43.2 Å². The molecule has 3 aromatic rings. The highest BCUT2D eigenvalue weighted by molar-refractivity contribution is 5.99. The number of aromatic nitrogens is 2. The van der Waals surface area contributed by atoms with Crippen LogP contribution in [0.3, 0.4) is 0 Å². The number of nitrogens with two attached hydrogens (primary N) is 3. The van der Waals surface area contributed by atoms with Crippen LogP contribution in [0.5, 0.6) is 0 Å². The molecule has 6 N–H and O–H groups in total. The van der Waals surface area contributed by atoms with Gasteiger partial charge in [-0.3, -0.25) is 9.78 Å². The van der Waals surface area contributed by atoms with Gasteiger partial charge < -0.3 is 21.4 Å². The molecule has 1 amide bonds. The molecule has 11 heteroatoms. The van der Waals surface area contributed by atoms with Gasteiger partial charge in [0.05, 0.1) is 28.7 Å². The van der Waals surface area contributed by atoms with E-state index in [1.807, 2.05) is 0 Å². The maximum absolute atomic E-state index is 13.3. The number of benzene rings is 1. The van der Waals surface area contributed by atoms with Gasteiger partial charge in [0.1, 0.15) is 5.82 Å². The predicted molar refractivity (Wildman–Crippen MR) is 121 cm³/mol. The van der Waals surface area contributed by atoms with Crippen molar-refractivity contribution in [3.63, 3.8) is 0 Å². The first-order valence-electron chi connectivity index (χ1n) is 10.4. The van der Waals surface area contributed by atoms with Crippen molar-refractivity contribution in [1.82, 2.24) is 14.9 Å². The first-order chi connectivity index (χ1) is 15.6. The second-order valence-electron chi connectivity index (χ2n) is 8.09. The highest BCUT2D eigenvalue weighted by atomic mass is 19.4. The minimum Gasteiger partial charge on any atom is -0.396 e. The van der Waals surface area contributed by atoms with E-state index in [0.29, 0.717) is 53.8 Å². The molecule has 1 aromatic carbocycles. The molecular weight excluding hydrogens is 435 g/mol. The van der Waals surface area contributed by atoms with Crippen molar-refractivity contribution in [3.05, 3.63) is 42.2 Å². The Morgan fingerprint density at radius 2 is 1.79 bits per heavy atom. The summed E-state index contributed by atoms with van der Waals surface area (Å²) in [5.74, 6) is 5.93. The molecule has 33 heavy (non-hydrogen) atoms. The zero-order valence-electron chi connectivity index (χ0n) is 17.9. The van der Waals surface area contributed by atoms with Crippen LogP contribution in [0.4, 0.5) is 30.4 Å². The number of rotatable bonds is 3. The van der Waals surface area contributed by atoms with Crippen LogP contribution in [0, 0.1) is 0 Å². The standard InChI is InChI=1S/C22H24F3N7O/c1-12(33)31-6-4-15(5-7-31)32(28)20-16-8-13(2-3-19(16)29-11-18(20)26)14-9-17(22(23,24)25)21(27)30-10-14/h2-3,8-11,15H,4-7,26,28H2,1H3,(H2,27,30). The van der Waals surface area contributed by atoms with Crippen LogP contribution in [0.15, 0.2) is 36.7 Å². The number of carbonyl (C=O) groups excluding carboxylic acids is 1. The zero-order chi connectivity index (χ0) is 23.9. The third-order valence-corrected chi connectivity index (χ3v) is 5.99. The highest BCUT2D eigenvalue weighted by Crippen LogP contribution is 2.38. The Morgan fingerprint density at radius 3 is 2.42 bits per heavy atom. The number of nitrogen functional groups attached to an aromatic ring is 2. The van der Waals surface area contributed by atoms with Crippen LogP contribution >= 0.6 is 0 Å². The summed E-state index contributed by atoms with van der Waals surface area (Å²) in [4.78, 5) is 21.4. The van der Waals surface area contributed by atoms with E-state index in [2.05, 4.69) is 9.97 Å². The first kappa shape index (κ1) is 22.6. The van der Waals surface area contributed by atoms with Crippen molar-refractivity contribution in [2.24, 2.45) is 5.84 Å². The number of carbonyl (C=O) groups is 1. The Balaban J connectivity index is 1.74. The molecule has 2 aromatic heterocycles. The molecule has 0 saturated carbocycles. The third kappa shape index (κ3) is 4.36. The maximum Gasteiger partial charge on any atom is 0.419 e. The van der Waals surface area contributed by atoms with Crippen molar-refractivity contribution in [1.29, 1.82) is 0 Å². The predicted octanol–water partition coefficient (Wildman–Crippen LogP) is 3.17. The van der Waals surface area contributed by atoms with Gasteiger partial charge in [0.15, 0.2) is 0 Å². The monoisotopic (exact) mass is 459 g/mol. The second kappa shape index (κ2) is 8.39. The summed E-state index contributed by atoms with van der Waals surface area (Å²) in [6.07, 6.45) is -0.493. The normalized spacial score (nSPS) is 15.1. The molecule has 0 unspecified atom stereocenters. The Kier molecular flexibility index (Phi) is 5.75. The quantitative estimate of drug-likeness (QED) is 0.405. The van der Waals surface area contributed by atoms with E-state index >= 15 is 0 Å². The van der Waals surface area contributed by atoms with Crippen molar-refractivity contribution < 1.29 is 18.0 Å². The van der Waals surface area contributed by atoms with Gasteiger partial charge in [-0.25, -0.2) is 10.8 Å². The average molecular weight is 459 g/mol. The number of hydrogen-bond donors (Lipinski definition) is 3. The van der Waals surface area contributed by atoms with E-state index in [-0.39, 0.29) is 17.5 Å².